The number of rotatable bonds is 5. The van der Waals surface area contributed by atoms with Crippen molar-refractivity contribution in [2.75, 3.05) is 37.0 Å². The van der Waals surface area contributed by atoms with E-state index in [0.29, 0.717) is 0 Å². The molecule has 0 spiro atoms. The van der Waals surface area contributed by atoms with Crippen LogP contribution in [0.3, 0.4) is 0 Å². The standard InChI is InChI=1S/C20H30F3N3O/c1-15-17(24-14-16-6-4-3-5-7-16)8-9-18(25-15)26-12-10-19(27-2,11-13-26)20(21,22)23/h8-9,16,24H,3-7,10-14H2,1-2H3. The van der Waals surface area contributed by atoms with Crippen molar-refractivity contribution in [2.45, 2.75) is 63.6 Å². The van der Waals surface area contributed by atoms with Gasteiger partial charge in [-0.15, -0.1) is 0 Å². The number of hydrogen-bond donors (Lipinski definition) is 1. The summed E-state index contributed by atoms with van der Waals surface area (Å²) in [6.07, 6.45) is 2.06. The van der Waals surface area contributed by atoms with Crippen molar-refractivity contribution in [2.24, 2.45) is 5.92 Å². The van der Waals surface area contributed by atoms with Crippen LogP contribution < -0.4 is 10.2 Å². The maximum atomic E-state index is 13.3. The van der Waals surface area contributed by atoms with E-state index in [2.05, 4.69) is 10.3 Å². The summed E-state index contributed by atoms with van der Waals surface area (Å²) in [5.41, 5.74) is -0.120. The Bertz CT molecular complexity index is 621. The molecule has 1 saturated heterocycles. The SMILES string of the molecule is COC1(C(F)(F)F)CCN(c2ccc(NCC3CCCCC3)c(C)n2)CC1. The molecule has 2 fully saturated rings. The first-order valence-electron chi connectivity index (χ1n) is 9.93. The lowest BCUT2D eigenvalue weighted by Gasteiger charge is -2.42. The van der Waals surface area contributed by atoms with Crippen LogP contribution in [0.15, 0.2) is 12.1 Å². The Kier molecular flexibility index (Phi) is 6.18. The van der Waals surface area contributed by atoms with Crippen molar-refractivity contribution in [3.63, 3.8) is 0 Å². The third-order valence-corrected chi connectivity index (χ3v) is 6.18. The highest BCUT2D eigenvalue weighted by atomic mass is 19.4. The van der Waals surface area contributed by atoms with Gasteiger partial charge in [-0.1, -0.05) is 19.3 Å². The predicted octanol–water partition coefficient (Wildman–Crippen LogP) is 4.93. The highest BCUT2D eigenvalue weighted by Crippen LogP contribution is 2.41. The molecular weight excluding hydrogens is 355 g/mol. The van der Waals surface area contributed by atoms with Crippen molar-refractivity contribution in [3.05, 3.63) is 17.8 Å². The van der Waals surface area contributed by atoms with E-state index >= 15 is 0 Å². The van der Waals surface area contributed by atoms with Crippen LogP contribution in [-0.2, 0) is 4.74 Å². The molecule has 0 atom stereocenters. The van der Waals surface area contributed by atoms with Crippen LogP contribution in [0.4, 0.5) is 24.7 Å². The lowest BCUT2D eigenvalue weighted by atomic mass is 9.89. The summed E-state index contributed by atoms with van der Waals surface area (Å²) in [6, 6.07) is 3.91. The van der Waals surface area contributed by atoms with Crippen LogP contribution in [-0.4, -0.2) is 43.5 Å². The molecule has 0 amide bonds. The van der Waals surface area contributed by atoms with Crippen LogP contribution >= 0.6 is 0 Å². The Balaban J connectivity index is 1.59. The van der Waals surface area contributed by atoms with Gasteiger partial charge in [0.15, 0.2) is 5.60 Å². The van der Waals surface area contributed by atoms with E-state index in [1.54, 1.807) is 0 Å². The summed E-state index contributed by atoms with van der Waals surface area (Å²) in [7, 11) is 1.15. The molecule has 3 rings (SSSR count). The van der Waals surface area contributed by atoms with Crippen LogP contribution in [0.25, 0.3) is 0 Å². The van der Waals surface area contributed by atoms with Crippen molar-refractivity contribution in [1.82, 2.24) is 4.98 Å². The largest absolute Gasteiger partial charge is 0.417 e. The molecule has 4 nitrogen and oxygen atoms in total. The second-order valence-corrected chi connectivity index (χ2v) is 7.87. The second-order valence-electron chi connectivity index (χ2n) is 7.87. The van der Waals surface area contributed by atoms with Gasteiger partial charge in [0.2, 0.25) is 0 Å². The van der Waals surface area contributed by atoms with Crippen molar-refractivity contribution in [1.29, 1.82) is 0 Å². The smallest absolute Gasteiger partial charge is 0.383 e. The Labute approximate surface area is 159 Å². The van der Waals surface area contributed by atoms with Crippen LogP contribution in [0, 0.1) is 12.8 Å². The highest BCUT2D eigenvalue weighted by molar-refractivity contribution is 5.53. The third-order valence-electron chi connectivity index (χ3n) is 6.18. The van der Waals surface area contributed by atoms with Crippen molar-refractivity contribution < 1.29 is 17.9 Å². The molecular formula is C20H30F3N3O. The minimum atomic E-state index is -4.34. The van der Waals surface area contributed by atoms with Gasteiger partial charge in [-0.05, 0) is 37.8 Å². The molecule has 1 saturated carbocycles. The van der Waals surface area contributed by atoms with Gasteiger partial charge in [-0.25, -0.2) is 4.98 Å². The first kappa shape index (κ1) is 20.2. The molecule has 27 heavy (non-hydrogen) atoms. The summed E-state index contributed by atoms with van der Waals surface area (Å²) in [6.45, 7) is 3.49. The number of hydrogen-bond acceptors (Lipinski definition) is 4. The quantitative estimate of drug-likeness (QED) is 0.780. The van der Waals surface area contributed by atoms with E-state index in [-0.39, 0.29) is 25.9 Å². The lowest BCUT2D eigenvalue weighted by molar-refractivity contribution is -0.276. The Hall–Kier alpha value is -1.50. The number of piperidine rings is 1. The summed E-state index contributed by atoms with van der Waals surface area (Å²) in [4.78, 5) is 6.56. The molecule has 2 aliphatic rings. The average Bonchev–Trinajstić information content (AvgIpc) is 2.67. The van der Waals surface area contributed by atoms with E-state index in [1.807, 2.05) is 24.0 Å². The van der Waals surface area contributed by atoms with Gasteiger partial charge < -0.3 is 15.0 Å². The topological polar surface area (TPSA) is 37.4 Å². The lowest BCUT2D eigenvalue weighted by Crippen LogP contribution is -2.54. The van der Waals surface area contributed by atoms with Crippen LogP contribution in [0.5, 0.6) is 0 Å². The van der Waals surface area contributed by atoms with Gasteiger partial charge in [-0.3, -0.25) is 0 Å². The first-order valence-corrected chi connectivity index (χ1v) is 9.93. The van der Waals surface area contributed by atoms with Gasteiger partial charge in [0.05, 0.1) is 11.4 Å². The molecule has 152 valence electrons. The molecule has 0 unspecified atom stereocenters. The Morgan fingerprint density at radius 1 is 1.19 bits per heavy atom. The number of nitrogens with one attached hydrogen (secondary N) is 1. The molecule has 1 aliphatic carbocycles. The summed E-state index contributed by atoms with van der Waals surface area (Å²) < 4.78 is 44.8. The van der Waals surface area contributed by atoms with Gasteiger partial charge in [-0.2, -0.15) is 13.2 Å². The molecule has 2 heterocycles. The molecule has 1 aliphatic heterocycles. The minimum Gasteiger partial charge on any atom is -0.383 e. The highest BCUT2D eigenvalue weighted by Gasteiger charge is 2.56. The monoisotopic (exact) mass is 385 g/mol. The molecule has 1 aromatic heterocycles. The average molecular weight is 385 g/mol. The van der Waals surface area contributed by atoms with E-state index in [0.717, 1.165) is 36.8 Å². The maximum Gasteiger partial charge on any atom is 0.417 e. The summed E-state index contributed by atoms with van der Waals surface area (Å²) >= 11 is 0. The minimum absolute atomic E-state index is 0.0740. The zero-order valence-electron chi connectivity index (χ0n) is 16.2. The second kappa shape index (κ2) is 8.25. The number of halogens is 3. The fourth-order valence-corrected chi connectivity index (χ4v) is 4.26. The van der Waals surface area contributed by atoms with Gasteiger partial charge in [0.25, 0.3) is 0 Å². The molecule has 0 bridgehead atoms. The number of aromatic nitrogens is 1. The van der Waals surface area contributed by atoms with E-state index in [1.165, 1.54) is 32.1 Å². The number of methoxy groups -OCH3 is 1. The van der Waals surface area contributed by atoms with Crippen molar-refractivity contribution >= 4 is 11.5 Å². The maximum absolute atomic E-state index is 13.3. The molecule has 0 radical (unpaired) electrons. The molecule has 7 heteroatoms. The van der Waals surface area contributed by atoms with Gasteiger partial charge in [0.1, 0.15) is 5.82 Å². The molecule has 1 aromatic rings. The zero-order valence-corrected chi connectivity index (χ0v) is 16.2. The Morgan fingerprint density at radius 3 is 2.41 bits per heavy atom. The summed E-state index contributed by atoms with van der Waals surface area (Å²) in [5, 5.41) is 3.51. The van der Waals surface area contributed by atoms with Gasteiger partial charge in [0, 0.05) is 39.6 Å². The third kappa shape index (κ3) is 4.50. The zero-order chi connectivity index (χ0) is 19.5. The fraction of sp³-hybridized carbons (Fsp3) is 0.750. The van der Waals surface area contributed by atoms with E-state index in [9.17, 15) is 13.2 Å². The number of nitrogens with zero attached hydrogens (tertiary/aromatic N) is 2. The number of anilines is 2. The number of alkyl halides is 3. The Morgan fingerprint density at radius 2 is 1.85 bits per heavy atom. The van der Waals surface area contributed by atoms with Gasteiger partial charge >= 0.3 is 6.18 Å². The molecule has 0 aromatic carbocycles. The normalized spacial score (nSPS) is 21.3. The fourth-order valence-electron chi connectivity index (χ4n) is 4.26. The van der Waals surface area contributed by atoms with E-state index in [4.69, 9.17) is 4.74 Å². The number of ether oxygens (including phenoxy) is 1. The molecule has 1 N–H and O–H groups in total. The van der Waals surface area contributed by atoms with E-state index < -0.39 is 11.8 Å². The first-order chi connectivity index (χ1) is 12.8. The predicted molar refractivity (Wildman–Crippen MR) is 101 cm³/mol. The van der Waals surface area contributed by atoms with Crippen molar-refractivity contribution in [3.8, 4) is 0 Å². The number of aryl methyl sites for hydroxylation is 1. The van der Waals surface area contributed by atoms with Crippen LogP contribution in [0.1, 0.15) is 50.6 Å². The number of pyridine rings is 1. The van der Waals surface area contributed by atoms with Crippen LogP contribution in [0.2, 0.25) is 0 Å². The summed E-state index contributed by atoms with van der Waals surface area (Å²) in [5.74, 6) is 1.46.